The van der Waals surface area contributed by atoms with Crippen molar-refractivity contribution in [2.24, 2.45) is 0 Å². The smallest absolute Gasteiger partial charge is 0.0334 e. The molecular formula is C15H26N2S. The van der Waals surface area contributed by atoms with E-state index in [9.17, 15) is 0 Å². The average molecular weight is 266 g/mol. The Bertz CT molecular complexity index is 319. The highest BCUT2D eigenvalue weighted by Gasteiger charge is 2.32. The molecule has 1 aliphatic carbocycles. The summed E-state index contributed by atoms with van der Waals surface area (Å²) in [7, 11) is 0. The fourth-order valence-corrected chi connectivity index (χ4v) is 3.08. The number of nitrogens with one attached hydrogen (secondary N) is 1. The molecule has 0 radical (unpaired) electrons. The third-order valence-electron chi connectivity index (χ3n) is 3.65. The maximum absolute atomic E-state index is 3.59. The van der Waals surface area contributed by atoms with Crippen LogP contribution in [0.3, 0.4) is 0 Å². The predicted molar refractivity (Wildman–Crippen MR) is 80.1 cm³/mol. The fraction of sp³-hybridized carbons (Fsp3) is 0.733. The average Bonchev–Trinajstić information content (AvgIpc) is 3.08. The third kappa shape index (κ3) is 4.38. The van der Waals surface area contributed by atoms with Gasteiger partial charge in [-0.2, -0.15) is 0 Å². The van der Waals surface area contributed by atoms with Gasteiger partial charge < -0.3 is 5.32 Å². The Balaban J connectivity index is 1.77. The van der Waals surface area contributed by atoms with Crippen LogP contribution in [-0.2, 0) is 6.54 Å². The second kappa shape index (κ2) is 7.27. The molecule has 0 aliphatic heterocycles. The number of hydrogen-bond donors (Lipinski definition) is 1. The lowest BCUT2D eigenvalue weighted by atomic mass is 10.2. The van der Waals surface area contributed by atoms with E-state index in [-0.39, 0.29) is 0 Å². The molecule has 18 heavy (non-hydrogen) atoms. The highest BCUT2D eigenvalue weighted by Crippen LogP contribution is 2.30. The van der Waals surface area contributed by atoms with Gasteiger partial charge in [0.1, 0.15) is 0 Å². The summed E-state index contributed by atoms with van der Waals surface area (Å²) in [6.07, 6.45) is 5.36. The Morgan fingerprint density at radius 1 is 1.50 bits per heavy atom. The van der Waals surface area contributed by atoms with Gasteiger partial charge in [0.15, 0.2) is 0 Å². The number of hydrogen-bond acceptors (Lipinski definition) is 3. The second-order valence-corrected chi connectivity index (χ2v) is 6.42. The van der Waals surface area contributed by atoms with E-state index in [1.54, 1.807) is 0 Å². The van der Waals surface area contributed by atoms with E-state index >= 15 is 0 Å². The van der Waals surface area contributed by atoms with E-state index < -0.39 is 0 Å². The molecule has 3 heteroatoms. The van der Waals surface area contributed by atoms with Crippen LogP contribution in [0.4, 0.5) is 0 Å². The van der Waals surface area contributed by atoms with E-state index in [0.717, 1.165) is 19.1 Å². The Morgan fingerprint density at radius 2 is 2.33 bits per heavy atom. The van der Waals surface area contributed by atoms with Crippen molar-refractivity contribution in [3.05, 3.63) is 22.4 Å². The summed E-state index contributed by atoms with van der Waals surface area (Å²) in [5.74, 6) is 0. The maximum atomic E-state index is 3.59. The normalized spacial score (nSPS) is 17.3. The van der Waals surface area contributed by atoms with Gasteiger partial charge >= 0.3 is 0 Å². The molecule has 1 heterocycles. The number of thiophene rings is 1. The van der Waals surface area contributed by atoms with E-state index in [1.165, 1.54) is 37.1 Å². The van der Waals surface area contributed by atoms with E-state index in [2.05, 4.69) is 41.6 Å². The zero-order chi connectivity index (χ0) is 12.8. The van der Waals surface area contributed by atoms with Gasteiger partial charge in [0.2, 0.25) is 0 Å². The summed E-state index contributed by atoms with van der Waals surface area (Å²) >= 11 is 1.88. The lowest BCUT2D eigenvalue weighted by Gasteiger charge is -2.29. The SMILES string of the molecule is CCCCNCC(C)N(Cc1cccs1)C1CC1. The molecule has 0 spiro atoms. The van der Waals surface area contributed by atoms with Gasteiger partial charge in [-0.1, -0.05) is 19.4 Å². The van der Waals surface area contributed by atoms with Gasteiger partial charge in [0, 0.05) is 30.1 Å². The van der Waals surface area contributed by atoms with E-state index in [1.807, 2.05) is 11.3 Å². The van der Waals surface area contributed by atoms with E-state index in [4.69, 9.17) is 0 Å². The standard InChI is InChI=1S/C15H26N2S/c1-3-4-9-16-11-13(2)17(14-7-8-14)12-15-6-5-10-18-15/h5-6,10,13-14,16H,3-4,7-9,11-12H2,1-2H3. The van der Waals surface area contributed by atoms with Crippen LogP contribution in [0.5, 0.6) is 0 Å². The molecule has 1 N–H and O–H groups in total. The molecule has 0 aromatic carbocycles. The van der Waals surface area contributed by atoms with E-state index in [0.29, 0.717) is 6.04 Å². The molecule has 1 saturated carbocycles. The monoisotopic (exact) mass is 266 g/mol. The Hall–Kier alpha value is -0.380. The molecular weight excluding hydrogens is 240 g/mol. The summed E-state index contributed by atoms with van der Waals surface area (Å²) in [5, 5.41) is 5.78. The number of unbranched alkanes of at least 4 members (excludes halogenated alkanes) is 1. The van der Waals surface area contributed by atoms with Crippen molar-refractivity contribution in [2.75, 3.05) is 13.1 Å². The molecule has 1 atom stereocenters. The molecule has 1 aliphatic rings. The van der Waals surface area contributed by atoms with Gasteiger partial charge in [-0.05, 0) is 44.2 Å². The lowest BCUT2D eigenvalue weighted by Crippen LogP contribution is -2.41. The minimum atomic E-state index is 0.649. The van der Waals surface area contributed by atoms with Gasteiger partial charge in [-0.15, -0.1) is 11.3 Å². The second-order valence-electron chi connectivity index (χ2n) is 5.39. The van der Waals surface area contributed by atoms with Crippen LogP contribution in [0.2, 0.25) is 0 Å². The molecule has 0 amide bonds. The summed E-state index contributed by atoms with van der Waals surface area (Å²) in [4.78, 5) is 4.19. The van der Waals surface area contributed by atoms with Crippen LogP contribution < -0.4 is 5.32 Å². The Kier molecular flexibility index (Phi) is 5.67. The minimum absolute atomic E-state index is 0.649. The molecule has 102 valence electrons. The van der Waals surface area contributed by atoms with Gasteiger partial charge in [-0.3, -0.25) is 4.90 Å². The molecule has 0 saturated heterocycles. The first-order valence-corrected chi connectivity index (χ1v) is 8.18. The summed E-state index contributed by atoms with van der Waals surface area (Å²) in [6, 6.07) is 5.92. The van der Waals surface area contributed by atoms with Gasteiger partial charge in [-0.25, -0.2) is 0 Å². The Labute approximate surface area is 115 Å². The highest BCUT2D eigenvalue weighted by molar-refractivity contribution is 7.09. The first kappa shape index (κ1) is 14.0. The van der Waals surface area contributed by atoms with Crippen molar-refractivity contribution in [3.8, 4) is 0 Å². The minimum Gasteiger partial charge on any atom is -0.315 e. The van der Waals surface area contributed by atoms with Crippen LogP contribution in [-0.4, -0.2) is 30.1 Å². The maximum Gasteiger partial charge on any atom is 0.0334 e. The summed E-state index contributed by atoms with van der Waals surface area (Å²) < 4.78 is 0. The van der Waals surface area contributed by atoms with Crippen LogP contribution in [0.15, 0.2) is 17.5 Å². The molecule has 2 rings (SSSR count). The van der Waals surface area contributed by atoms with Crippen LogP contribution >= 0.6 is 11.3 Å². The molecule has 1 fully saturated rings. The zero-order valence-corrected chi connectivity index (χ0v) is 12.5. The van der Waals surface area contributed by atoms with Gasteiger partial charge in [0.05, 0.1) is 0 Å². The van der Waals surface area contributed by atoms with Crippen LogP contribution in [0.1, 0.15) is 44.4 Å². The Morgan fingerprint density at radius 3 is 2.94 bits per heavy atom. The first-order valence-electron chi connectivity index (χ1n) is 7.30. The van der Waals surface area contributed by atoms with Crippen molar-refractivity contribution >= 4 is 11.3 Å². The van der Waals surface area contributed by atoms with Crippen LogP contribution in [0.25, 0.3) is 0 Å². The number of nitrogens with zero attached hydrogens (tertiary/aromatic N) is 1. The molecule has 2 nitrogen and oxygen atoms in total. The van der Waals surface area contributed by atoms with Crippen LogP contribution in [0, 0.1) is 0 Å². The first-order chi connectivity index (χ1) is 8.81. The van der Waals surface area contributed by atoms with Crippen molar-refractivity contribution in [3.63, 3.8) is 0 Å². The molecule has 1 unspecified atom stereocenters. The topological polar surface area (TPSA) is 15.3 Å². The zero-order valence-electron chi connectivity index (χ0n) is 11.7. The van der Waals surface area contributed by atoms with Gasteiger partial charge in [0.25, 0.3) is 0 Å². The summed E-state index contributed by atoms with van der Waals surface area (Å²) in [5.41, 5.74) is 0. The molecule has 0 bridgehead atoms. The van der Waals surface area contributed by atoms with Crippen molar-refractivity contribution < 1.29 is 0 Å². The molecule has 1 aromatic rings. The molecule has 1 aromatic heterocycles. The lowest BCUT2D eigenvalue weighted by molar-refractivity contribution is 0.187. The third-order valence-corrected chi connectivity index (χ3v) is 4.51. The van der Waals surface area contributed by atoms with Crippen molar-refractivity contribution in [1.82, 2.24) is 10.2 Å². The fourth-order valence-electron chi connectivity index (χ4n) is 2.36. The van der Waals surface area contributed by atoms with Crippen molar-refractivity contribution in [2.45, 2.75) is 58.2 Å². The van der Waals surface area contributed by atoms with Crippen molar-refractivity contribution in [1.29, 1.82) is 0 Å². The number of rotatable bonds is 9. The summed E-state index contributed by atoms with van der Waals surface area (Å²) in [6.45, 7) is 8.04. The highest BCUT2D eigenvalue weighted by atomic mass is 32.1. The predicted octanol–water partition coefficient (Wildman–Crippen LogP) is 3.49. The largest absolute Gasteiger partial charge is 0.315 e. The quantitative estimate of drug-likeness (QED) is 0.688.